The van der Waals surface area contributed by atoms with Crippen LogP contribution in [-0.2, 0) is 16.1 Å². The summed E-state index contributed by atoms with van der Waals surface area (Å²) in [7, 11) is 0. The summed E-state index contributed by atoms with van der Waals surface area (Å²) in [6.45, 7) is 7.45. The van der Waals surface area contributed by atoms with Crippen LogP contribution < -0.4 is 10.6 Å². The van der Waals surface area contributed by atoms with Crippen molar-refractivity contribution in [1.29, 1.82) is 0 Å². The standard InChI is InChI=1S/C17H25N3O3/c1-17(2,3)19-15(21)14-11-20(10-9-18-14)16(22)23-12-13-7-5-4-6-8-13/h4-8,14,18H,9-12H2,1-3H3,(H,19,21). The van der Waals surface area contributed by atoms with Gasteiger partial charge in [-0.2, -0.15) is 0 Å². The maximum Gasteiger partial charge on any atom is 0.410 e. The van der Waals surface area contributed by atoms with Gasteiger partial charge in [0.2, 0.25) is 5.91 Å². The van der Waals surface area contributed by atoms with Crippen molar-refractivity contribution in [3.05, 3.63) is 35.9 Å². The molecule has 1 atom stereocenters. The third kappa shape index (κ3) is 5.56. The number of nitrogens with zero attached hydrogens (tertiary/aromatic N) is 1. The monoisotopic (exact) mass is 319 g/mol. The zero-order chi connectivity index (χ0) is 16.9. The van der Waals surface area contributed by atoms with Crippen LogP contribution in [-0.4, -0.2) is 48.1 Å². The number of carbonyl (C=O) groups excluding carboxylic acids is 2. The van der Waals surface area contributed by atoms with Gasteiger partial charge in [-0.3, -0.25) is 4.79 Å². The maximum absolute atomic E-state index is 12.2. The smallest absolute Gasteiger partial charge is 0.410 e. The molecule has 1 aliphatic heterocycles. The Kier molecular flexibility index (Phi) is 5.60. The summed E-state index contributed by atoms with van der Waals surface area (Å²) in [6.07, 6.45) is -0.385. The fourth-order valence-corrected chi connectivity index (χ4v) is 2.36. The third-order valence-electron chi connectivity index (χ3n) is 3.45. The zero-order valence-electron chi connectivity index (χ0n) is 14.0. The van der Waals surface area contributed by atoms with E-state index in [1.54, 1.807) is 4.90 Å². The van der Waals surface area contributed by atoms with Gasteiger partial charge in [-0.05, 0) is 26.3 Å². The van der Waals surface area contributed by atoms with Gasteiger partial charge in [0.25, 0.3) is 0 Å². The lowest BCUT2D eigenvalue weighted by molar-refractivity contribution is -0.125. The van der Waals surface area contributed by atoms with Gasteiger partial charge < -0.3 is 20.3 Å². The molecule has 1 heterocycles. The van der Waals surface area contributed by atoms with Crippen molar-refractivity contribution in [3.8, 4) is 0 Å². The molecule has 126 valence electrons. The van der Waals surface area contributed by atoms with Crippen molar-refractivity contribution in [1.82, 2.24) is 15.5 Å². The van der Waals surface area contributed by atoms with Crippen LogP contribution in [0.4, 0.5) is 4.79 Å². The van der Waals surface area contributed by atoms with Gasteiger partial charge in [-0.1, -0.05) is 30.3 Å². The molecule has 1 aliphatic rings. The van der Waals surface area contributed by atoms with Crippen molar-refractivity contribution < 1.29 is 14.3 Å². The molecule has 2 amide bonds. The lowest BCUT2D eigenvalue weighted by Gasteiger charge is -2.33. The Morgan fingerprint density at radius 1 is 1.30 bits per heavy atom. The zero-order valence-corrected chi connectivity index (χ0v) is 14.0. The minimum Gasteiger partial charge on any atom is -0.445 e. The number of amides is 2. The number of nitrogens with one attached hydrogen (secondary N) is 2. The molecule has 2 rings (SSSR count). The second-order valence-electron chi connectivity index (χ2n) is 6.73. The topological polar surface area (TPSA) is 70.7 Å². The van der Waals surface area contributed by atoms with E-state index < -0.39 is 6.04 Å². The summed E-state index contributed by atoms with van der Waals surface area (Å²) in [6, 6.07) is 9.13. The molecule has 0 bridgehead atoms. The number of piperazine rings is 1. The van der Waals surface area contributed by atoms with E-state index in [0.29, 0.717) is 19.6 Å². The molecule has 0 saturated carbocycles. The van der Waals surface area contributed by atoms with Crippen molar-refractivity contribution in [2.45, 2.75) is 39.0 Å². The van der Waals surface area contributed by atoms with Crippen LogP contribution in [0.25, 0.3) is 0 Å². The minimum absolute atomic E-state index is 0.0990. The highest BCUT2D eigenvalue weighted by Crippen LogP contribution is 2.07. The van der Waals surface area contributed by atoms with Crippen LogP contribution in [0, 0.1) is 0 Å². The van der Waals surface area contributed by atoms with E-state index in [1.165, 1.54) is 0 Å². The molecular formula is C17H25N3O3. The molecule has 0 spiro atoms. The van der Waals surface area contributed by atoms with E-state index >= 15 is 0 Å². The Balaban J connectivity index is 1.85. The maximum atomic E-state index is 12.2. The number of carbonyl (C=O) groups is 2. The summed E-state index contributed by atoms with van der Waals surface area (Å²) in [4.78, 5) is 26.0. The molecule has 1 fully saturated rings. The van der Waals surface area contributed by atoms with Gasteiger partial charge in [0, 0.05) is 25.2 Å². The predicted octanol–water partition coefficient (Wildman–Crippen LogP) is 1.51. The van der Waals surface area contributed by atoms with Gasteiger partial charge in [-0.15, -0.1) is 0 Å². The van der Waals surface area contributed by atoms with E-state index in [-0.39, 0.29) is 24.1 Å². The number of ether oxygens (including phenoxy) is 1. The normalized spacial score (nSPS) is 18.4. The Labute approximate surface area is 137 Å². The number of benzene rings is 1. The highest BCUT2D eigenvalue weighted by molar-refractivity contribution is 5.83. The minimum atomic E-state index is -0.410. The highest BCUT2D eigenvalue weighted by atomic mass is 16.6. The summed E-state index contributed by atoms with van der Waals surface area (Å²) in [5.41, 5.74) is 0.646. The Morgan fingerprint density at radius 3 is 2.65 bits per heavy atom. The third-order valence-corrected chi connectivity index (χ3v) is 3.45. The molecule has 1 saturated heterocycles. The Hall–Kier alpha value is -2.08. The summed E-state index contributed by atoms with van der Waals surface area (Å²) in [5, 5.41) is 6.06. The van der Waals surface area contributed by atoms with Crippen molar-refractivity contribution in [3.63, 3.8) is 0 Å². The average molecular weight is 319 g/mol. The van der Waals surface area contributed by atoms with Crippen LogP contribution in [0.1, 0.15) is 26.3 Å². The van der Waals surface area contributed by atoms with Gasteiger partial charge >= 0.3 is 6.09 Å². The van der Waals surface area contributed by atoms with Crippen LogP contribution >= 0.6 is 0 Å². The van der Waals surface area contributed by atoms with Crippen molar-refractivity contribution >= 4 is 12.0 Å². The number of rotatable bonds is 3. The van der Waals surface area contributed by atoms with Crippen LogP contribution in [0.2, 0.25) is 0 Å². The first kappa shape index (κ1) is 17.3. The summed E-state index contributed by atoms with van der Waals surface area (Å²) in [5.74, 6) is -0.0990. The van der Waals surface area contributed by atoms with E-state index in [1.807, 2.05) is 51.1 Å². The largest absolute Gasteiger partial charge is 0.445 e. The highest BCUT2D eigenvalue weighted by Gasteiger charge is 2.30. The molecule has 1 aromatic carbocycles. The first-order chi connectivity index (χ1) is 10.8. The Morgan fingerprint density at radius 2 is 2.00 bits per heavy atom. The molecule has 2 N–H and O–H groups in total. The number of hydrogen-bond acceptors (Lipinski definition) is 4. The molecule has 0 aliphatic carbocycles. The lowest BCUT2D eigenvalue weighted by Crippen LogP contribution is -2.60. The van der Waals surface area contributed by atoms with Crippen LogP contribution in [0.3, 0.4) is 0 Å². The van der Waals surface area contributed by atoms with Crippen molar-refractivity contribution in [2.75, 3.05) is 19.6 Å². The first-order valence-corrected chi connectivity index (χ1v) is 7.86. The fraction of sp³-hybridized carbons (Fsp3) is 0.529. The first-order valence-electron chi connectivity index (χ1n) is 7.86. The average Bonchev–Trinajstić information content (AvgIpc) is 2.52. The fourth-order valence-electron chi connectivity index (χ4n) is 2.36. The number of hydrogen-bond donors (Lipinski definition) is 2. The molecule has 1 aromatic rings. The molecule has 23 heavy (non-hydrogen) atoms. The molecule has 6 heteroatoms. The van der Waals surface area contributed by atoms with Gasteiger partial charge in [-0.25, -0.2) is 4.79 Å². The summed E-state index contributed by atoms with van der Waals surface area (Å²) >= 11 is 0. The molecule has 0 radical (unpaired) electrons. The van der Waals surface area contributed by atoms with E-state index in [0.717, 1.165) is 5.56 Å². The SMILES string of the molecule is CC(C)(C)NC(=O)C1CN(C(=O)OCc2ccccc2)CCN1. The molecule has 0 aromatic heterocycles. The quantitative estimate of drug-likeness (QED) is 0.886. The van der Waals surface area contributed by atoms with Gasteiger partial charge in [0.05, 0.1) is 0 Å². The molecule has 6 nitrogen and oxygen atoms in total. The van der Waals surface area contributed by atoms with Gasteiger partial charge in [0.15, 0.2) is 0 Å². The second-order valence-corrected chi connectivity index (χ2v) is 6.73. The van der Waals surface area contributed by atoms with Crippen molar-refractivity contribution in [2.24, 2.45) is 0 Å². The second kappa shape index (κ2) is 7.46. The van der Waals surface area contributed by atoms with E-state index in [9.17, 15) is 9.59 Å². The summed E-state index contributed by atoms with van der Waals surface area (Å²) < 4.78 is 5.32. The van der Waals surface area contributed by atoms with E-state index in [2.05, 4.69) is 10.6 Å². The predicted molar refractivity (Wildman–Crippen MR) is 87.9 cm³/mol. The molecular weight excluding hydrogens is 294 g/mol. The van der Waals surface area contributed by atoms with E-state index in [4.69, 9.17) is 4.74 Å². The Bertz CT molecular complexity index is 540. The van der Waals surface area contributed by atoms with Gasteiger partial charge in [0.1, 0.15) is 12.6 Å². The van der Waals surface area contributed by atoms with Crippen LogP contribution in [0.15, 0.2) is 30.3 Å². The van der Waals surface area contributed by atoms with Crippen LogP contribution in [0.5, 0.6) is 0 Å². The molecule has 1 unspecified atom stereocenters. The lowest BCUT2D eigenvalue weighted by atomic mass is 10.1.